The molecule has 1 aliphatic rings. The van der Waals surface area contributed by atoms with Gasteiger partial charge < -0.3 is 5.32 Å². The molecule has 0 aliphatic heterocycles. The van der Waals surface area contributed by atoms with Crippen molar-refractivity contribution in [2.24, 2.45) is 13.0 Å². The van der Waals surface area contributed by atoms with Crippen LogP contribution in [-0.4, -0.2) is 23.4 Å². The molecule has 0 aromatic carbocycles. The highest BCUT2D eigenvalue weighted by molar-refractivity contribution is 9.10. The van der Waals surface area contributed by atoms with Crippen molar-refractivity contribution < 1.29 is 0 Å². The van der Waals surface area contributed by atoms with Crippen molar-refractivity contribution in [2.75, 3.05) is 13.6 Å². The van der Waals surface area contributed by atoms with Crippen molar-refractivity contribution in [3.05, 3.63) is 16.4 Å². The highest BCUT2D eigenvalue weighted by Crippen LogP contribution is 2.41. The van der Waals surface area contributed by atoms with Gasteiger partial charge in [-0.15, -0.1) is 0 Å². The molecule has 1 aromatic heterocycles. The van der Waals surface area contributed by atoms with Gasteiger partial charge in [-0.2, -0.15) is 5.10 Å². The van der Waals surface area contributed by atoms with Crippen LogP contribution in [0.3, 0.4) is 0 Å². The minimum absolute atomic E-state index is 0.666. The monoisotopic (exact) mass is 271 g/mol. The summed E-state index contributed by atoms with van der Waals surface area (Å²) >= 11 is 3.60. The Morgan fingerprint density at radius 1 is 1.60 bits per heavy atom. The van der Waals surface area contributed by atoms with Crippen LogP contribution in [0.15, 0.2) is 10.7 Å². The van der Waals surface area contributed by atoms with E-state index in [1.165, 1.54) is 25.0 Å². The molecule has 0 amide bonds. The van der Waals surface area contributed by atoms with E-state index >= 15 is 0 Å². The largest absolute Gasteiger partial charge is 0.319 e. The van der Waals surface area contributed by atoms with Gasteiger partial charge in [0.2, 0.25) is 0 Å². The van der Waals surface area contributed by atoms with Crippen molar-refractivity contribution in [1.29, 1.82) is 0 Å². The maximum absolute atomic E-state index is 4.30. The molecule has 3 nitrogen and oxygen atoms in total. The van der Waals surface area contributed by atoms with Gasteiger partial charge in [-0.1, -0.05) is 6.42 Å². The number of hydrogen-bond acceptors (Lipinski definition) is 2. The Labute approximate surface area is 99.4 Å². The summed E-state index contributed by atoms with van der Waals surface area (Å²) in [5, 5.41) is 7.60. The summed E-state index contributed by atoms with van der Waals surface area (Å²) in [6.07, 6.45) is 5.88. The number of nitrogens with one attached hydrogen (secondary N) is 1. The molecule has 1 heterocycles. The highest BCUT2D eigenvalue weighted by atomic mass is 79.9. The highest BCUT2D eigenvalue weighted by Gasteiger charge is 2.31. The number of nitrogens with zero attached hydrogens (tertiary/aromatic N) is 2. The second kappa shape index (κ2) is 4.66. The first kappa shape index (κ1) is 11.1. The zero-order valence-electron chi connectivity index (χ0n) is 9.33. The van der Waals surface area contributed by atoms with Crippen molar-refractivity contribution >= 4 is 15.9 Å². The predicted molar refractivity (Wildman–Crippen MR) is 64.9 cm³/mol. The lowest BCUT2D eigenvalue weighted by Gasteiger charge is -2.20. The zero-order chi connectivity index (χ0) is 10.8. The van der Waals surface area contributed by atoms with E-state index in [1.807, 2.05) is 25.0 Å². The first-order valence-electron chi connectivity index (χ1n) is 5.56. The van der Waals surface area contributed by atoms with Gasteiger partial charge in [0.1, 0.15) is 0 Å². The Morgan fingerprint density at radius 2 is 2.40 bits per heavy atom. The third-order valence-corrected chi connectivity index (χ3v) is 4.03. The summed E-state index contributed by atoms with van der Waals surface area (Å²) < 4.78 is 3.18. The molecule has 2 unspecified atom stereocenters. The van der Waals surface area contributed by atoms with Crippen LogP contribution in [0.2, 0.25) is 0 Å². The Balaban J connectivity index is 2.22. The lowest BCUT2D eigenvalue weighted by molar-refractivity contribution is 0.441. The van der Waals surface area contributed by atoms with Crippen LogP contribution in [-0.2, 0) is 7.05 Å². The molecule has 1 saturated carbocycles. The zero-order valence-corrected chi connectivity index (χ0v) is 10.9. The van der Waals surface area contributed by atoms with Crippen LogP contribution in [0.5, 0.6) is 0 Å². The van der Waals surface area contributed by atoms with Crippen LogP contribution >= 0.6 is 15.9 Å². The molecular formula is C11H18BrN3. The molecule has 1 fully saturated rings. The third-order valence-electron chi connectivity index (χ3n) is 3.41. The van der Waals surface area contributed by atoms with Crippen LogP contribution in [0.1, 0.15) is 30.9 Å². The number of rotatable bonds is 3. The average Bonchev–Trinajstić information content (AvgIpc) is 2.75. The molecule has 0 saturated heterocycles. The third kappa shape index (κ3) is 2.11. The first-order chi connectivity index (χ1) is 7.24. The van der Waals surface area contributed by atoms with Crippen LogP contribution < -0.4 is 5.32 Å². The fourth-order valence-corrected chi connectivity index (χ4v) is 3.38. The summed E-state index contributed by atoms with van der Waals surface area (Å²) in [5.41, 5.74) is 1.37. The van der Waals surface area contributed by atoms with Gasteiger partial charge in [0.25, 0.3) is 0 Å². The molecule has 15 heavy (non-hydrogen) atoms. The summed E-state index contributed by atoms with van der Waals surface area (Å²) in [7, 11) is 4.07. The van der Waals surface area contributed by atoms with E-state index in [1.54, 1.807) is 0 Å². The molecule has 1 aromatic rings. The molecule has 0 spiro atoms. The van der Waals surface area contributed by atoms with E-state index in [9.17, 15) is 0 Å². The molecule has 1 N–H and O–H groups in total. The van der Waals surface area contributed by atoms with E-state index < -0.39 is 0 Å². The average molecular weight is 272 g/mol. The molecule has 0 bridgehead atoms. The summed E-state index contributed by atoms with van der Waals surface area (Å²) in [4.78, 5) is 0. The maximum atomic E-state index is 4.30. The van der Waals surface area contributed by atoms with E-state index in [-0.39, 0.29) is 0 Å². The number of hydrogen-bond donors (Lipinski definition) is 1. The molecule has 4 heteroatoms. The maximum Gasteiger partial charge on any atom is 0.0635 e. The van der Waals surface area contributed by atoms with E-state index in [2.05, 4.69) is 26.3 Å². The Bertz CT molecular complexity index is 315. The fourth-order valence-electron chi connectivity index (χ4n) is 2.74. The van der Waals surface area contributed by atoms with Crippen LogP contribution in [0.25, 0.3) is 0 Å². The van der Waals surface area contributed by atoms with E-state index in [0.29, 0.717) is 5.92 Å². The summed E-state index contributed by atoms with van der Waals surface area (Å²) in [5.74, 6) is 1.43. The molecule has 1 aliphatic carbocycles. The predicted octanol–water partition coefficient (Wildman–Crippen LogP) is 2.29. The Morgan fingerprint density at radius 3 is 3.00 bits per heavy atom. The van der Waals surface area contributed by atoms with Gasteiger partial charge >= 0.3 is 0 Å². The quantitative estimate of drug-likeness (QED) is 0.915. The van der Waals surface area contributed by atoms with Gasteiger partial charge in [-0.3, -0.25) is 4.68 Å². The Hall–Kier alpha value is -0.350. The molecule has 2 rings (SSSR count). The first-order valence-corrected chi connectivity index (χ1v) is 6.35. The number of halogens is 1. The fraction of sp³-hybridized carbons (Fsp3) is 0.727. The summed E-state index contributed by atoms with van der Waals surface area (Å²) in [6.45, 7) is 1.11. The topological polar surface area (TPSA) is 29.9 Å². The van der Waals surface area contributed by atoms with Crippen molar-refractivity contribution in [3.8, 4) is 0 Å². The van der Waals surface area contributed by atoms with Gasteiger partial charge in [0, 0.05) is 13.0 Å². The van der Waals surface area contributed by atoms with Crippen molar-refractivity contribution in [2.45, 2.75) is 25.2 Å². The van der Waals surface area contributed by atoms with Crippen LogP contribution in [0, 0.1) is 5.92 Å². The van der Waals surface area contributed by atoms with Crippen LogP contribution in [0.4, 0.5) is 0 Å². The molecule has 0 radical (unpaired) electrons. The van der Waals surface area contributed by atoms with Crippen molar-refractivity contribution in [3.63, 3.8) is 0 Å². The second-order valence-electron chi connectivity index (χ2n) is 4.36. The van der Waals surface area contributed by atoms with Gasteiger partial charge in [0.05, 0.1) is 16.4 Å². The smallest absolute Gasteiger partial charge is 0.0635 e. The second-order valence-corrected chi connectivity index (χ2v) is 5.21. The minimum Gasteiger partial charge on any atom is -0.319 e. The van der Waals surface area contributed by atoms with Gasteiger partial charge in [0.15, 0.2) is 0 Å². The van der Waals surface area contributed by atoms with E-state index in [0.717, 1.165) is 16.9 Å². The SMILES string of the molecule is CNCC1CCCC1c1c(Br)cnn1C. The summed E-state index contributed by atoms with van der Waals surface area (Å²) in [6, 6.07) is 0. The minimum atomic E-state index is 0.666. The van der Waals surface area contributed by atoms with E-state index in [4.69, 9.17) is 0 Å². The lowest BCUT2D eigenvalue weighted by atomic mass is 9.93. The van der Waals surface area contributed by atoms with Gasteiger partial charge in [-0.25, -0.2) is 0 Å². The molecule has 84 valence electrons. The standard InChI is InChI=1S/C11H18BrN3/c1-13-6-8-4-3-5-9(8)11-10(12)7-14-15(11)2/h7-9,13H,3-6H2,1-2H3. The normalized spacial score (nSPS) is 26.1. The number of aromatic nitrogens is 2. The van der Waals surface area contributed by atoms with Crippen molar-refractivity contribution in [1.82, 2.24) is 15.1 Å². The lowest BCUT2D eigenvalue weighted by Crippen LogP contribution is -2.22. The number of aryl methyl sites for hydroxylation is 1. The molecular weight excluding hydrogens is 254 g/mol. The van der Waals surface area contributed by atoms with Gasteiger partial charge in [-0.05, 0) is 48.3 Å². The molecule has 2 atom stereocenters. The Kier molecular flexibility index (Phi) is 3.46.